The molecule has 2 aliphatic carbocycles. The molecule has 0 bridgehead atoms. The molecule has 0 aliphatic heterocycles. The Balaban J connectivity index is 1.64. The van der Waals surface area contributed by atoms with Crippen LogP contribution in [0.25, 0.3) is 17.2 Å². The van der Waals surface area contributed by atoms with Crippen LogP contribution in [-0.2, 0) is 34.1 Å². The normalized spacial score (nSPS) is 15.1. The monoisotopic (exact) mass is 620 g/mol. The summed E-state index contributed by atoms with van der Waals surface area (Å²) in [5.74, 6) is 0. The zero-order valence-electron chi connectivity index (χ0n) is 25.1. The summed E-state index contributed by atoms with van der Waals surface area (Å²) >= 11 is -2.80. The van der Waals surface area contributed by atoms with Crippen molar-refractivity contribution >= 4 is 9.28 Å². The Morgan fingerprint density at radius 2 is 1.12 bits per heavy atom. The summed E-state index contributed by atoms with van der Waals surface area (Å²) in [6, 6.07) is 44.6. The molecule has 0 amide bonds. The average Bonchev–Trinajstić information content (AvgIpc) is 3.53. The van der Waals surface area contributed by atoms with E-state index in [4.69, 9.17) is 0 Å². The summed E-state index contributed by atoms with van der Waals surface area (Å²) in [6.07, 6.45) is 4.62. The van der Waals surface area contributed by atoms with Crippen molar-refractivity contribution < 1.29 is 21.3 Å². The molecule has 0 spiro atoms. The van der Waals surface area contributed by atoms with Crippen LogP contribution >= 0.6 is 0 Å². The van der Waals surface area contributed by atoms with E-state index in [-0.39, 0.29) is 0 Å². The standard InChI is InChI=1S/C17H17.C13H10.C11H11.Zr/c1-3-12-5-7-16-14(9-12)11-15-10-13(4-2)6-8-17(15)16;1-3-7-12(8-4-1)11-13-9-5-2-6-10-13;1-8-3-4-10-6-9(2)7-11(10)5-8;/h5-11H,3-4H2,1-2H3;1-10H;3-7H,1-2H3;. The molecule has 0 radical (unpaired) electrons. The predicted octanol–water partition coefficient (Wildman–Crippen LogP) is 10.2. The Morgan fingerprint density at radius 1 is 0.571 bits per heavy atom. The van der Waals surface area contributed by atoms with Gasteiger partial charge in [-0.2, -0.15) is 0 Å². The molecule has 1 unspecified atom stereocenters. The van der Waals surface area contributed by atoms with E-state index in [1.165, 1.54) is 44.5 Å². The van der Waals surface area contributed by atoms with E-state index in [9.17, 15) is 0 Å². The molecular formula is C41H38Zr. The Kier molecular flexibility index (Phi) is 7.41. The molecule has 0 fully saturated rings. The van der Waals surface area contributed by atoms with Crippen molar-refractivity contribution in [1.29, 1.82) is 0 Å². The molecule has 1 heteroatoms. The Morgan fingerprint density at radius 3 is 1.64 bits per heavy atom. The maximum atomic E-state index is 2.57. The van der Waals surface area contributed by atoms with Gasteiger partial charge in [0.05, 0.1) is 0 Å². The van der Waals surface area contributed by atoms with E-state index >= 15 is 0 Å². The van der Waals surface area contributed by atoms with E-state index in [1.54, 1.807) is 25.5 Å². The second kappa shape index (κ2) is 11.4. The van der Waals surface area contributed by atoms with Gasteiger partial charge in [0.15, 0.2) is 0 Å². The summed E-state index contributed by atoms with van der Waals surface area (Å²) in [6.45, 7) is 9.26. The van der Waals surface area contributed by atoms with Gasteiger partial charge in [0.25, 0.3) is 0 Å². The van der Waals surface area contributed by atoms with Crippen LogP contribution in [0.4, 0.5) is 0 Å². The average molecular weight is 622 g/mol. The molecule has 0 nitrogen and oxygen atoms in total. The minimum absolute atomic E-state index is 0.436. The molecule has 0 saturated carbocycles. The summed E-state index contributed by atoms with van der Waals surface area (Å²) in [5.41, 5.74) is 17.6. The fourth-order valence-corrected chi connectivity index (χ4v) is 17.7. The fraction of sp³-hybridized carbons (Fsp3) is 0.195. The van der Waals surface area contributed by atoms with Crippen molar-refractivity contribution in [3.63, 3.8) is 0 Å². The van der Waals surface area contributed by atoms with Crippen LogP contribution in [0.1, 0.15) is 78.1 Å². The topological polar surface area (TPSA) is 0 Å². The Hall–Kier alpha value is -3.41. The van der Waals surface area contributed by atoms with Gasteiger partial charge < -0.3 is 0 Å². The molecule has 5 aromatic carbocycles. The number of rotatable bonds is 6. The molecule has 0 N–H and O–H groups in total. The first-order valence-electron chi connectivity index (χ1n) is 15.5. The number of hydrogen-bond acceptors (Lipinski definition) is 0. The van der Waals surface area contributed by atoms with Gasteiger partial charge in [-0.05, 0) is 0 Å². The molecule has 0 heterocycles. The predicted molar refractivity (Wildman–Crippen MR) is 176 cm³/mol. The molecule has 2 aliphatic rings. The first-order chi connectivity index (χ1) is 20.6. The van der Waals surface area contributed by atoms with Gasteiger partial charge in [-0.1, -0.05) is 0 Å². The number of fused-ring (bicyclic) bond motifs is 4. The maximum absolute atomic E-state index is 2.80. The third-order valence-corrected chi connectivity index (χ3v) is 18.7. The van der Waals surface area contributed by atoms with Crippen molar-refractivity contribution in [2.75, 3.05) is 0 Å². The number of benzene rings is 5. The van der Waals surface area contributed by atoms with Gasteiger partial charge in [0, 0.05) is 0 Å². The van der Waals surface area contributed by atoms with Gasteiger partial charge >= 0.3 is 260 Å². The molecule has 0 aromatic heterocycles. The van der Waals surface area contributed by atoms with Crippen molar-refractivity contribution in [3.8, 4) is 11.1 Å². The number of aryl methyl sites for hydroxylation is 3. The zero-order valence-corrected chi connectivity index (χ0v) is 27.6. The number of hydrogen-bond donors (Lipinski definition) is 0. The Labute approximate surface area is 258 Å². The molecule has 1 atom stereocenters. The van der Waals surface area contributed by atoms with Crippen LogP contribution in [0.3, 0.4) is 0 Å². The minimum atomic E-state index is -2.80. The van der Waals surface area contributed by atoms with E-state index in [2.05, 4.69) is 149 Å². The van der Waals surface area contributed by atoms with E-state index < -0.39 is 21.3 Å². The third-order valence-electron chi connectivity index (χ3n) is 9.39. The van der Waals surface area contributed by atoms with Gasteiger partial charge in [-0.15, -0.1) is 0 Å². The second-order valence-corrected chi connectivity index (χ2v) is 18.3. The molecule has 42 heavy (non-hydrogen) atoms. The van der Waals surface area contributed by atoms with Crippen molar-refractivity contribution in [2.45, 2.75) is 47.8 Å². The summed E-state index contributed by atoms with van der Waals surface area (Å²) in [7, 11) is 0. The van der Waals surface area contributed by atoms with Crippen LogP contribution in [0, 0.1) is 6.92 Å². The molecule has 206 valence electrons. The van der Waals surface area contributed by atoms with E-state index in [0.29, 0.717) is 7.25 Å². The molecule has 5 aromatic rings. The van der Waals surface area contributed by atoms with Gasteiger partial charge in [-0.3, -0.25) is 0 Å². The molecule has 7 rings (SSSR count). The molecular weight excluding hydrogens is 584 g/mol. The second-order valence-electron chi connectivity index (χ2n) is 12.0. The summed E-state index contributed by atoms with van der Waals surface area (Å²) < 4.78 is 2.54. The van der Waals surface area contributed by atoms with Crippen LogP contribution < -0.4 is 0 Å². The summed E-state index contributed by atoms with van der Waals surface area (Å²) in [5, 5.41) is 0. The number of allylic oxidation sites excluding steroid dienone is 1. The van der Waals surface area contributed by atoms with Crippen LogP contribution in [0.15, 0.2) is 121 Å². The van der Waals surface area contributed by atoms with Crippen molar-refractivity contribution in [2.24, 2.45) is 0 Å². The first kappa shape index (κ1) is 27.4. The van der Waals surface area contributed by atoms with Crippen LogP contribution in [0.5, 0.6) is 0 Å². The summed E-state index contributed by atoms with van der Waals surface area (Å²) in [4.78, 5) is 0. The zero-order chi connectivity index (χ0) is 28.8. The van der Waals surface area contributed by atoms with Crippen molar-refractivity contribution in [3.05, 3.63) is 171 Å². The first-order valence-corrected chi connectivity index (χ1v) is 19.5. The van der Waals surface area contributed by atoms with Crippen LogP contribution in [0.2, 0.25) is 0 Å². The fourth-order valence-electron chi connectivity index (χ4n) is 7.36. The van der Waals surface area contributed by atoms with Gasteiger partial charge in [0.2, 0.25) is 0 Å². The SMILES string of the molecule is CCc1ccc2c(c1)[CH]([Zr](=[C](c1ccccc1)c1ccccc1)[CH]1C(C)=Cc3ccc(C)cc31)c1cc(CC)ccc1-2. The van der Waals surface area contributed by atoms with Gasteiger partial charge in [0.1, 0.15) is 0 Å². The van der Waals surface area contributed by atoms with E-state index in [0.717, 1.165) is 12.8 Å². The van der Waals surface area contributed by atoms with Gasteiger partial charge in [-0.25, -0.2) is 0 Å². The Bertz CT molecular complexity index is 1760. The quantitative estimate of drug-likeness (QED) is 0.177. The molecule has 0 saturated heterocycles. The van der Waals surface area contributed by atoms with Crippen molar-refractivity contribution in [1.82, 2.24) is 0 Å². The third kappa shape index (κ3) is 4.67. The van der Waals surface area contributed by atoms with Crippen LogP contribution in [-0.4, -0.2) is 3.21 Å². The van der Waals surface area contributed by atoms with E-state index in [1.807, 2.05) is 0 Å².